The summed E-state index contributed by atoms with van der Waals surface area (Å²) in [7, 11) is 0. The number of rotatable bonds is 5. The number of benzene rings is 2. The van der Waals surface area contributed by atoms with Crippen LogP contribution in [0.1, 0.15) is 15.9 Å². The van der Waals surface area contributed by atoms with Crippen molar-refractivity contribution in [3.63, 3.8) is 0 Å². The largest absolute Gasteiger partial charge is 0.271 e. The Bertz CT molecular complexity index is 770. The molecule has 0 aliphatic rings. The van der Waals surface area contributed by atoms with Gasteiger partial charge >= 0.3 is 0 Å². The summed E-state index contributed by atoms with van der Waals surface area (Å²) in [5, 5.41) is 14.3. The SMILES string of the molecule is O=C(N/N=C/C=C/c1cccc([N+](=O)[O-])c1)c1ccc(F)cc1. The van der Waals surface area contributed by atoms with Gasteiger partial charge in [0.1, 0.15) is 5.82 Å². The van der Waals surface area contributed by atoms with Crippen molar-refractivity contribution in [1.82, 2.24) is 5.43 Å². The molecular weight excluding hydrogens is 301 g/mol. The molecular formula is C16H12FN3O3. The first kappa shape index (κ1) is 16.0. The van der Waals surface area contributed by atoms with Crippen LogP contribution >= 0.6 is 0 Å². The number of carbonyl (C=O) groups is 1. The lowest BCUT2D eigenvalue weighted by atomic mass is 10.2. The van der Waals surface area contributed by atoms with Gasteiger partial charge in [-0.2, -0.15) is 5.10 Å². The van der Waals surface area contributed by atoms with Gasteiger partial charge in [-0.25, -0.2) is 9.82 Å². The van der Waals surface area contributed by atoms with Crippen LogP contribution in [0.15, 0.2) is 59.7 Å². The second-order valence-corrected chi connectivity index (χ2v) is 4.44. The van der Waals surface area contributed by atoms with Gasteiger partial charge in [-0.05, 0) is 35.9 Å². The van der Waals surface area contributed by atoms with Gasteiger partial charge < -0.3 is 0 Å². The number of allylic oxidation sites excluding steroid dienone is 1. The van der Waals surface area contributed by atoms with Crippen molar-refractivity contribution in [3.8, 4) is 0 Å². The van der Waals surface area contributed by atoms with Crippen LogP contribution in [-0.4, -0.2) is 17.0 Å². The Morgan fingerprint density at radius 2 is 1.96 bits per heavy atom. The highest BCUT2D eigenvalue weighted by Crippen LogP contribution is 2.13. The van der Waals surface area contributed by atoms with Gasteiger partial charge in [-0.3, -0.25) is 14.9 Å². The normalized spacial score (nSPS) is 11.0. The summed E-state index contributed by atoms with van der Waals surface area (Å²) >= 11 is 0. The molecule has 0 atom stereocenters. The summed E-state index contributed by atoms with van der Waals surface area (Å²) < 4.78 is 12.7. The summed E-state index contributed by atoms with van der Waals surface area (Å²) in [5.74, 6) is -0.894. The van der Waals surface area contributed by atoms with Crippen LogP contribution in [0.4, 0.5) is 10.1 Å². The Morgan fingerprint density at radius 3 is 2.65 bits per heavy atom. The van der Waals surface area contributed by atoms with Gasteiger partial charge in [0.05, 0.1) is 4.92 Å². The Labute approximate surface area is 131 Å². The molecule has 0 aromatic heterocycles. The third kappa shape index (κ3) is 4.85. The Hall–Kier alpha value is -3.35. The van der Waals surface area contributed by atoms with Crippen molar-refractivity contribution in [3.05, 3.63) is 81.7 Å². The summed E-state index contributed by atoms with van der Waals surface area (Å²) in [6.07, 6.45) is 4.48. The summed E-state index contributed by atoms with van der Waals surface area (Å²) in [4.78, 5) is 21.8. The van der Waals surface area contributed by atoms with Gasteiger partial charge in [0.25, 0.3) is 11.6 Å². The van der Waals surface area contributed by atoms with Gasteiger partial charge in [0, 0.05) is 23.9 Å². The molecule has 2 rings (SSSR count). The van der Waals surface area contributed by atoms with Crippen molar-refractivity contribution in [1.29, 1.82) is 0 Å². The second kappa shape index (κ2) is 7.60. The minimum absolute atomic E-state index is 0.00583. The lowest BCUT2D eigenvalue weighted by Crippen LogP contribution is -2.17. The van der Waals surface area contributed by atoms with Gasteiger partial charge in [0.15, 0.2) is 0 Å². The summed E-state index contributed by atoms with van der Waals surface area (Å²) in [6.45, 7) is 0. The average molecular weight is 313 g/mol. The molecule has 2 aromatic rings. The topological polar surface area (TPSA) is 84.6 Å². The van der Waals surface area contributed by atoms with Crippen molar-refractivity contribution in [2.75, 3.05) is 0 Å². The summed E-state index contributed by atoms with van der Waals surface area (Å²) in [5.41, 5.74) is 3.20. The monoisotopic (exact) mass is 313 g/mol. The maximum absolute atomic E-state index is 12.7. The van der Waals surface area contributed by atoms with Gasteiger partial charge in [-0.15, -0.1) is 0 Å². The van der Waals surface area contributed by atoms with E-state index in [1.165, 1.54) is 48.7 Å². The molecule has 1 N–H and O–H groups in total. The predicted octanol–water partition coefficient (Wildman–Crippen LogP) is 3.16. The van der Waals surface area contributed by atoms with Crippen molar-refractivity contribution in [2.24, 2.45) is 5.10 Å². The first-order valence-electron chi connectivity index (χ1n) is 6.56. The quantitative estimate of drug-likeness (QED) is 0.522. The number of amides is 1. The highest BCUT2D eigenvalue weighted by molar-refractivity contribution is 5.94. The highest BCUT2D eigenvalue weighted by Gasteiger charge is 2.04. The van der Waals surface area contributed by atoms with Crippen LogP contribution in [0.5, 0.6) is 0 Å². The van der Waals surface area contributed by atoms with Crippen LogP contribution in [0.2, 0.25) is 0 Å². The van der Waals surface area contributed by atoms with E-state index in [9.17, 15) is 19.3 Å². The van der Waals surface area contributed by atoms with Crippen molar-refractivity contribution >= 4 is 23.9 Å². The molecule has 7 heteroatoms. The van der Waals surface area contributed by atoms with Crippen LogP contribution in [0.25, 0.3) is 6.08 Å². The van der Waals surface area contributed by atoms with E-state index in [2.05, 4.69) is 10.5 Å². The number of hydrogen-bond acceptors (Lipinski definition) is 4. The van der Waals surface area contributed by atoms with E-state index in [1.807, 2.05) is 0 Å². The molecule has 23 heavy (non-hydrogen) atoms. The maximum Gasteiger partial charge on any atom is 0.271 e. The number of nitrogens with one attached hydrogen (secondary N) is 1. The fourth-order valence-corrected chi connectivity index (χ4v) is 1.70. The van der Waals surface area contributed by atoms with E-state index in [0.29, 0.717) is 5.56 Å². The number of hydrazone groups is 1. The van der Waals surface area contributed by atoms with Gasteiger partial charge in [-0.1, -0.05) is 18.2 Å². The number of carbonyl (C=O) groups excluding carboxylic acids is 1. The lowest BCUT2D eigenvalue weighted by molar-refractivity contribution is -0.384. The third-order valence-electron chi connectivity index (χ3n) is 2.80. The van der Waals surface area contributed by atoms with E-state index in [-0.39, 0.29) is 11.3 Å². The number of nitrogens with zero attached hydrogens (tertiary/aromatic N) is 2. The smallest absolute Gasteiger partial charge is 0.267 e. The number of nitro benzene ring substituents is 1. The number of hydrogen-bond donors (Lipinski definition) is 1. The molecule has 1 amide bonds. The first-order chi connectivity index (χ1) is 11.1. The minimum atomic E-state index is -0.478. The van der Waals surface area contributed by atoms with Crippen LogP contribution in [0, 0.1) is 15.9 Å². The molecule has 0 heterocycles. The zero-order valence-corrected chi connectivity index (χ0v) is 11.8. The van der Waals surface area contributed by atoms with E-state index in [4.69, 9.17) is 0 Å². The molecule has 0 fully saturated rings. The second-order valence-electron chi connectivity index (χ2n) is 4.44. The number of non-ortho nitro benzene ring substituents is 1. The van der Waals surface area contributed by atoms with Crippen molar-refractivity contribution < 1.29 is 14.1 Å². The standard InChI is InChI=1S/C16H12FN3O3/c17-14-8-6-13(7-9-14)16(21)19-18-10-2-4-12-3-1-5-15(11-12)20(22)23/h1-11H,(H,19,21)/b4-2+,18-10+. The van der Waals surface area contributed by atoms with Crippen LogP contribution in [0.3, 0.4) is 0 Å². The molecule has 0 spiro atoms. The average Bonchev–Trinajstić information content (AvgIpc) is 2.55. The molecule has 0 radical (unpaired) electrons. The van der Waals surface area contributed by atoms with Crippen molar-refractivity contribution in [2.45, 2.75) is 0 Å². The zero-order chi connectivity index (χ0) is 16.7. The van der Waals surface area contributed by atoms with Crippen LogP contribution < -0.4 is 5.43 Å². The Kier molecular flexibility index (Phi) is 5.30. The number of halogens is 1. The molecule has 2 aromatic carbocycles. The molecule has 116 valence electrons. The van der Waals surface area contributed by atoms with Crippen LogP contribution in [-0.2, 0) is 0 Å². The van der Waals surface area contributed by atoms with E-state index < -0.39 is 16.6 Å². The summed E-state index contributed by atoms with van der Waals surface area (Å²) in [6, 6.07) is 11.1. The maximum atomic E-state index is 12.7. The van der Waals surface area contributed by atoms with Gasteiger partial charge in [0.2, 0.25) is 0 Å². The van der Waals surface area contributed by atoms with E-state index in [0.717, 1.165) is 0 Å². The third-order valence-corrected chi connectivity index (χ3v) is 2.80. The zero-order valence-electron chi connectivity index (χ0n) is 11.8. The van der Waals surface area contributed by atoms with E-state index in [1.54, 1.807) is 18.2 Å². The molecule has 0 saturated heterocycles. The minimum Gasteiger partial charge on any atom is -0.267 e. The lowest BCUT2D eigenvalue weighted by Gasteiger charge is -1.98. The Balaban J connectivity index is 1.91. The molecule has 0 bridgehead atoms. The molecule has 6 nitrogen and oxygen atoms in total. The fourth-order valence-electron chi connectivity index (χ4n) is 1.70. The first-order valence-corrected chi connectivity index (χ1v) is 6.56. The molecule has 0 aliphatic carbocycles. The molecule has 0 aliphatic heterocycles. The predicted molar refractivity (Wildman–Crippen MR) is 84.5 cm³/mol. The fraction of sp³-hybridized carbons (Fsp3) is 0. The van der Waals surface area contributed by atoms with E-state index >= 15 is 0 Å². The highest BCUT2D eigenvalue weighted by atomic mass is 19.1. The molecule has 0 saturated carbocycles. The number of nitro groups is 1. The molecule has 0 unspecified atom stereocenters. The Morgan fingerprint density at radius 1 is 1.22 bits per heavy atom.